The second kappa shape index (κ2) is 12.2. The van der Waals surface area contributed by atoms with E-state index in [1.54, 1.807) is 7.11 Å². The van der Waals surface area contributed by atoms with Gasteiger partial charge in [0.05, 0.1) is 7.11 Å². The van der Waals surface area contributed by atoms with Gasteiger partial charge in [0.2, 0.25) is 0 Å². The molecule has 0 aromatic heterocycles. The third-order valence-corrected chi connectivity index (χ3v) is 6.61. The van der Waals surface area contributed by atoms with Crippen molar-refractivity contribution >= 4 is 17.8 Å². The zero-order valence-corrected chi connectivity index (χ0v) is 19.4. The molecule has 0 unspecified atom stereocenters. The summed E-state index contributed by atoms with van der Waals surface area (Å²) in [6, 6.07) is 19.1. The van der Waals surface area contributed by atoms with Gasteiger partial charge in [-0.05, 0) is 61.4 Å². The predicted molar refractivity (Wildman–Crippen MR) is 127 cm³/mol. The van der Waals surface area contributed by atoms with Crippen molar-refractivity contribution in [2.24, 2.45) is 0 Å². The van der Waals surface area contributed by atoms with Crippen molar-refractivity contribution in [3.63, 3.8) is 0 Å². The molecule has 1 aliphatic heterocycles. The number of carboxylic acids is 2. The molecule has 1 saturated heterocycles. The van der Waals surface area contributed by atoms with Gasteiger partial charge in [0.1, 0.15) is 5.75 Å². The van der Waals surface area contributed by atoms with E-state index in [4.69, 9.17) is 24.5 Å². The number of piperazine rings is 1. The first kappa shape index (κ1) is 25.2. The number of carboxylic acid groups (broad SMARTS) is 2. The lowest BCUT2D eigenvalue weighted by molar-refractivity contribution is -0.159. The van der Waals surface area contributed by atoms with E-state index in [-0.39, 0.29) is 5.91 Å². The highest BCUT2D eigenvalue weighted by Gasteiger charge is 2.30. The Morgan fingerprint density at radius 3 is 1.85 bits per heavy atom. The maximum absolute atomic E-state index is 12.7. The Balaban J connectivity index is 0.000000481. The van der Waals surface area contributed by atoms with Crippen LogP contribution in [0.25, 0.3) is 0 Å². The van der Waals surface area contributed by atoms with Crippen LogP contribution in [0.3, 0.4) is 0 Å². The van der Waals surface area contributed by atoms with Gasteiger partial charge in [-0.1, -0.05) is 30.3 Å². The molecule has 2 N–H and O–H groups in total. The van der Waals surface area contributed by atoms with Crippen molar-refractivity contribution in [2.75, 3.05) is 33.3 Å². The molecular weight excluding hydrogens is 436 g/mol. The van der Waals surface area contributed by atoms with Crippen LogP contribution in [0.15, 0.2) is 54.6 Å². The number of nitrogens with zero attached hydrogens (tertiary/aromatic N) is 2. The summed E-state index contributed by atoms with van der Waals surface area (Å²) in [5, 5.41) is 14.8. The first-order valence-electron chi connectivity index (χ1n) is 11.6. The number of amides is 1. The predicted octanol–water partition coefficient (Wildman–Crippen LogP) is 3.34. The zero-order chi connectivity index (χ0) is 24.5. The maximum atomic E-state index is 12.7. The SMILES string of the molecule is COc1ccc(C(=O)N2CCN(C3CCC(c4ccccc4)CC3)CC2)cc1.O=C(O)C(=O)O. The molecule has 0 radical (unpaired) electrons. The number of methoxy groups -OCH3 is 1. The summed E-state index contributed by atoms with van der Waals surface area (Å²) in [7, 11) is 1.64. The van der Waals surface area contributed by atoms with Crippen molar-refractivity contribution in [1.29, 1.82) is 0 Å². The molecule has 1 saturated carbocycles. The molecule has 1 aliphatic carbocycles. The van der Waals surface area contributed by atoms with Crippen molar-refractivity contribution in [2.45, 2.75) is 37.6 Å². The third-order valence-electron chi connectivity index (χ3n) is 6.61. The summed E-state index contributed by atoms with van der Waals surface area (Å²) in [6.45, 7) is 3.62. The average molecular weight is 469 g/mol. The standard InChI is InChI=1S/C24H30N2O2.C2H2O4/c1-28-23-13-9-21(10-14-23)24(27)26-17-15-25(16-18-26)22-11-7-20(8-12-22)19-5-3-2-4-6-19;3-1(4)2(5)6/h2-6,9-10,13-14,20,22H,7-8,11-12,15-18H2,1H3;(H,3,4)(H,5,6). The summed E-state index contributed by atoms with van der Waals surface area (Å²) < 4.78 is 5.18. The summed E-state index contributed by atoms with van der Waals surface area (Å²) >= 11 is 0. The van der Waals surface area contributed by atoms with Gasteiger partial charge in [0.25, 0.3) is 5.91 Å². The molecule has 0 atom stereocenters. The smallest absolute Gasteiger partial charge is 0.414 e. The van der Waals surface area contributed by atoms with Crippen LogP contribution in [-0.2, 0) is 9.59 Å². The number of ether oxygens (including phenoxy) is 1. The van der Waals surface area contributed by atoms with Crippen molar-refractivity contribution in [3.05, 3.63) is 65.7 Å². The molecule has 2 aromatic carbocycles. The first-order valence-corrected chi connectivity index (χ1v) is 11.6. The van der Waals surface area contributed by atoms with Gasteiger partial charge >= 0.3 is 11.9 Å². The summed E-state index contributed by atoms with van der Waals surface area (Å²) in [4.78, 5) is 35.6. The quantitative estimate of drug-likeness (QED) is 0.663. The number of rotatable bonds is 4. The minimum absolute atomic E-state index is 0.134. The largest absolute Gasteiger partial charge is 0.497 e. The maximum Gasteiger partial charge on any atom is 0.414 e. The Kier molecular flexibility index (Phi) is 9.04. The van der Waals surface area contributed by atoms with E-state index in [1.165, 1.54) is 31.2 Å². The number of aliphatic carboxylic acids is 2. The monoisotopic (exact) mass is 468 g/mol. The van der Waals surface area contributed by atoms with Gasteiger partial charge in [-0.2, -0.15) is 0 Å². The van der Waals surface area contributed by atoms with E-state index in [0.717, 1.165) is 43.4 Å². The van der Waals surface area contributed by atoms with Crippen LogP contribution in [0.1, 0.15) is 47.5 Å². The number of hydrogen-bond acceptors (Lipinski definition) is 5. The van der Waals surface area contributed by atoms with E-state index in [9.17, 15) is 4.79 Å². The highest BCUT2D eigenvalue weighted by atomic mass is 16.5. The van der Waals surface area contributed by atoms with Gasteiger partial charge in [-0.3, -0.25) is 9.69 Å². The summed E-state index contributed by atoms with van der Waals surface area (Å²) in [5.74, 6) is -2.01. The molecule has 2 aliphatic rings. The van der Waals surface area contributed by atoms with Crippen molar-refractivity contribution in [1.82, 2.24) is 9.80 Å². The minimum Gasteiger partial charge on any atom is -0.497 e. The first-order chi connectivity index (χ1) is 16.4. The van der Waals surface area contributed by atoms with Crippen LogP contribution in [0.2, 0.25) is 0 Å². The number of hydrogen-bond donors (Lipinski definition) is 2. The number of benzene rings is 2. The minimum atomic E-state index is -1.82. The third kappa shape index (κ3) is 6.81. The fraction of sp³-hybridized carbons (Fsp3) is 0.423. The van der Waals surface area contributed by atoms with Gasteiger partial charge in [0, 0.05) is 37.8 Å². The highest BCUT2D eigenvalue weighted by Crippen LogP contribution is 2.35. The van der Waals surface area contributed by atoms with E-state index in [1.807, 2.05) is 29.2 Å². The molecule has 4 rings (SSSR count). The average Bonchev–Trinajstić information content (AvgIpc) is 2.89. The van der Waals surface area contributed by atoms with E-state index in [0.29, 0.717) is 6.04 Å². The van der Waals surface area contributed by atoms with Crippen LogP contribution < -0.4 is 4.74 Å². The lowest BCUT2D eigenvalue weighted by Gasteiger charge is -2.42. The van der Waals surface area contributed by atoms with Crippen molar-refractivity contribution in [3.8, 4) is 5.75 Å². The van der Waals surface area contributed by atoms with E-state index >= 15 is 0 Å². The molecule has 1 heterocycles. The molecule has 1 amide bonds. The van der Waals surface area contributed by atoms with Gasteiger partial charge < -0.3 is 19.8 Å². The van der Waals surface area contributed by atoms with Crippen molar-refractivity contribution < 1.29 is 29.3 Å². The van der Waals surface area contributed by atoms with Gasteiger partial charge in [-0.25, -0.2) is 9.59 Å². The summed E-state index contributed by atoms with van der Waals surface area (Å²) in [5.41, 5.74) is 2.24. The molecule has 182 valence electrons. The second-order valence-electron chi connectivity index (χ2n) is 8.58. The summed E-state index contributed by atoms with van der Waals surface area (Å²) in [6.07, 6.45) is 5.09. The lowest BCUT2D eigenvalue weighted by atomic mass is 9.81. The molecular formula is C26H32N2O6. The number of carbonyl (C=O) groups is 3. The topological polar surface area (TPSA) is 107 Å². The number of carbonyl (C=O) groups excluding carboxylic acids is 1. The Hall–Kier alpha value is -3.39. The van der Waals surface area contributed by atoms with Gasteiger partial charge in [-0.15, -0.1) is 0 Å². The Labute approximate surface area is 199 Å². The zero-order valence-electron chi connectivity index (χ0n) is 19.4. The highest BCUT2D eigenvalue weighted by molar-refractivity contribution is 6.27. The molecule has 34 heavy (non-hydrogen) atoms. The Bertz CT molecular complexity index is 935. The fourth-order valence-electron chi connectivity index (χ4n) is 4.71. The van der Waals surface area contributed by atoms with Crippen LogP contribution >= 0.6 is 0 Å². The second-order valence-corrected chi connectivity index (χ2v) is 8.58. The molecule has 0 spiro atoms. The Morgan fingerprint density at radius 2 is 1.35 bits per heavy atom. The van der Waals surface area contributed by atoms with E-state index in [2.05, 4.69) is 35.2 Å². The van der Waals surface area contributed by atoms with Crippen LogP contribution in [0.4, 0.5) is 0 Å². The molecule has 8 heteroatoms. The van der Waals surface area contributed by atoms with Gasteiger partial charge in [0.15, 0.2) is 0 Å². The molecule has 2 aromatic rings. The molecule has 8 nitrogen and oxygen atoms in total. The molecule has 0 bridgehead atoms. The Morgan fingerprint density at radius 1 is 0.794 bits per heavy atom. The normalized spacial score (nSPS) is 20.6. The fourth-order valence-corrected chi connectivity index (χ4v) is 4.71. The molecule has 2 fully saturated rings. The van der Waals surface area contributed by atoms with Crippen LogP contribution in [-0.4, -0.2) is 77.2 Å². The van der Waals surface area contributed by atoms with E-state index < -0.39 is 11.9 Å². The lowest BCUT2D eigenvalue weighted by Crippen LogP contribution is -2.52. The van der Waals surface area contributed by atoms with Crippen LogP contribution in [0.5, 0.6) is 5.75 Å². The van der Waals surface area contributed by atoms with Crippen LogP contribution in [0, 0.1) is 0 Å².